The standard InChI is InChI=1S/C22H31N3OS.HI/c1-3-23-22(24-14-17(2)20-11-13-27-16-20)25-15-19-10-7-12-26-21(19)18-8-5-4-6-9-18;/h4-6,8-9,11,13,16-17,19,21H,3,7,10,12,14-15H2,1-2H3,(H2,23,24,25);1H. The maximum Gasteiger partial charge on any atom is 0.191 e. The lowest BCUT2D eigenvalue weighted by molar-refractivity contribution is -0.0265. The number of nitrogens with one attached hydrogen (secondary N) is 2. The smallest absolute Gasteiger partial charge is 0.191 e. The Hall–Kier alpha value is -1.12. The van der Waals surface area contributed by atoms with Gasteiger partial charge in [-0.05, 0) is 47.7 Å². The van der Waals surface area contributed by atoms with Crippen LogP contribution in [0.4, 0.5) is 0 Å². The van der Waals surface area contributed by atoms with Crippen LogP contribution < -0.4 is 10.6 Å². The lowest BCUT2D eigenvalue weighted by atomic mass is 9.89. The molecule has 1 aliphatic rings. The summed E-state index contributed by atoms with van der Waals surface area (Å²) in [5.41, 5.74) is 2.64. The Balaban J connectivity index is 0.00000280. The van der Waals surface area contributed by atoms with Crippen molar-refractivity contribution in [3.05, 3.63) is 58.3 Å². The van der Waals surface area contributed by atoms with E-state index in [1.165, 1.54) is 17.5 Å². The number of hydrogen-bond acceptors (Lipinski definition) is 3. The maximum absolute atomic E-state index is 6.12. The van der Waals surface area contributed by atoms with Gasteiger partial charge in [-0.25, -0.2) is 0 Å². The third kappa shape index (κ3) is 6.74. The van der Waals surface area contributed by atoms with Gasteiger partial charge in [-0.3, -0.25) is 4.99 Å². The number of nitrogens with zero attached hydrogens (tertiary/aromatic N) is 1. The van der Waals surface area contributed by atoms with E-state index in [9.17, 15) is 0 Å². The van der Waals surface area contributed by atoms with E-state index in [1.54, 1.807) is 11.3 Å². The molecule has 0 spiro atoms. The van der Waals surface area contributed by atoms with Gasteiger partial charge in [-0.2, -0.15) is 11.3 Å². The Bertz CT molecular complexity index is 693. The Morgan fingerprint density at radius 3 is 2.79 bits per heavy atom. The molecule has 1 fully saturated rings. The fraction of sp³-hybridized carbons (Fsp3) is 0.500. The number of guanidine groups is 1. The number of hydrogen-bond donors (Lipinski definition) is 2. The van der Waals surface area contributed by atoms with E-state index in [2.05, 4.69) is 71.6 Å². The highest BCUT2D eigenvalue weighted by molar-refractivity contribution is 14.0. The summed E-state index contributed by atoms with van der Waals surface area (Å²) in [6, 6.07) is 12.8. The second kappa shape index (κ2) is 12.4. The molecule has 0 radical (unpaired) electrons. The van der Waals surface area contributed by atoms with Crippen molar-refractivity contribution in [1.29, 1.82) is 0 Å². The van der Waals surface area contributed by atoms with Gasteiger partial charge in [0.25, 0.3) is 0 Å². The molecular weight excluding hydrogens is 481 g/mol. The van der Waals surface area contributed by atoms with Crippen LogP contribution in [0.1, 0.15) is 49.8 Å². The average Bonchev–Trinajstić information content (AvgIpc) is 3.26. The van der Waals surface area contributed by atoms with Crippen LogP contribution in [0, 0.1) is 5.92 Å². The van der Waals surface area contributed by atoms with Gasteiger partial charge in [0.15, 0.2) is 5.96 Å². The van der Waals surface area contributed by atoms with Crippen molar-refractivity contribution in [2.24, 2.45) is 10.9 Å². The second-order valence-electron chi connectivity index (χ2n) is 7.16. The Labute approximate surface area is 190 Å². The van der Waals surface area contributed by atoms with Crippen molar-refractivity contribution in [3.63, 3.8) is 0 Å². The fourth-order valence-corrected chi connectivity index (χ4v) is 4.30. The van der Waals surface area contributed by atoms with Gasteiger partial charge in [0.05, 0.1) is 6.10 Å². The third-order valence-electron chi connectivity index (χ3n) is 5.08. The van der Waals surface area contributed by atoms with Gasteiger partial charge in [-0.15, -0.1) is 24.0 Å². The highest BCUT2D eigenvalue weighted by atomic mass is 127. The summed E-state index contributed by atoms with van der Waals surface area (Å²) in [4.78, 5) is 4.81. The summed E-state index contributed by atoms with van der Waals surface area (Å²) in [6.45, 7) is 7.71. The molecule has 1 saturated heterocycles. The number of thiophene rings is 1. The highest BCUT2D eigenvalue weighted by Gasteiger charge is 2.27. The Morgan fingerprint density at radius 1 is 1.25 bits per heavy atom. The molecule has 3 atom stereocenters. The van der Waals surface area contributed by atoms with E-state index in [-0.39, 0.29) is 30.1 Å². The van der Waals surface area contributed by atoms with Crippen LogP contribution in [0.2, 0.25) is 0 Å². The van der Waals surface area contributed by atoms with Gasteiger partial charge < -0.3 is 15.4 Å². The molecule has 28 heavy (non-hydrogen) atoms. The normalized spacial score (nSPS) is 20.9. The summed E-state index contributed by atoms with van der Waals surface area (Å²) in [5, 5.41) is 11.3. The number of halogens is 1. The Morgan fingerprint density at radius 2 is 2.07 bits per heavy atom. The summed E-state index contributed by atoms with van der Waals surface area (Å²) in [6.07, 6.45) is 2.47. The van der Waals surface area contributed by atoms with Gasteiger partial charge in [0, 0.05) is 38.1 Å². The summed E-state index contributed by atoms with van der Waals surface area (Å²) < 4.78 is 6.12. The molecule has 6 heteroatoms. The molecule has 0 bridgehead atoms. The topological polar surface area (TPSA) is 45.7 Å². The predicted molar refractivity (Wildman–Crippen MR) is 130 cm³/mol. The molecule has 3 rings (SSSR count). The zero-order chi connectivity index (χ0) is 18.9. The maximum atomic E-state index is 6.12. The molecule has 0 amide bonds. The molecule has 4 nitrogen and oxygen atoms in total. The average molecular weight is 513 g/mol. The number of rotatable bonds is 7. The largest absolute Gasteiger partial charge is 0.373 e. The van der Waals surface area contributed by atoms with Gasteiger partial charge in [-0.1, -0.05) is 37.3 Å². The first-order chi connectivity index (χ1) is 13.3. The number of aliphatic imine (C=N–C) groups is 1. The minimum absolute atomic E-state index is 0. The summed E-state index contributed by atoms with van der Waals surface area (Å²) >= 11 is 1.75. The first kappa shape index (κ1) is 23.2. The van der Waals surface area contributed by atoms with Crippen molar-refractivity contribution in [2.45, 2.75) is 38.7 Å². The molecule has 154 valence electrons. The van der Waals surface area contributed by atoms with Crippen LogP contribution in [0.5, 0.6) is 0 Å². The predicted octanol–water partition coefficient (Wildman–Crippen LogP) is 5.19. The Kier molecular flexibility index (Phi) is 10.3. The monoisotopic (exact) mass is 513 g/mol. The van der Waals surface area contributed by atoms with Crippen LogP contribution in [0.3, 0.4) is 0 Å². The van der Waals surface area contributed by atoms with Crippen LogP contribution in [0.15, 0.2) is 52.2 Å². The quantitative estimate of drug-likeness (QED) is 0.304. The molecule has 2 N–H and O–H groups in total. The molecule has 3 unspecified atom stereocenters. The van der Waals surface area contributed by atoms with Crippen molar-refractivity contribution in [2.75, 3.05) is 26.2 Å². The summed E-state index contributed by atoms with van der Waals surface area (Å²) in [5.74, 6) is 1.79. The minimum Gasteiger partial charge on any atom is -0.373 e. The third-order valence-corrected chi connectivity index (χ3v) is 5.79. The highest BCUT2D eigenvalue weighted by Crippen LogP contribution is 2.33. The molecule has 1 aromatic carbocycles. The first-order valence-electron chi connectivity index (χ1n) is 9.98. The molecule has 0 aliphatic carbocycles. The SMILES string of the molecule is CCNC(=NCC(C)c1ccsc1)NCC1CCCOC1c1ccccc1.I. The molecule has 1 aliphatic heterocycles. The van der Waals surface area contributed by atoms with Crippen molar-refractivity contribution >= 4 is 41.3 Å². The second-order valence-corrected chi connectivity index (χ2v) is 7.94. The fourth-order valence-electron chi connectivity index (χ4n) is 3.52. The zero-order valence-electron chi connectivity index (χ0n) is 16.8. The van der Waals surface area contributed by atoms with Crippen molar-refractivity contribution < 1.29 is 4.74 Å². The summed E-state index contributed by atoms with van der Waals surface area (Å²) in [7, 11) is 0. The lowest BCUT2D eigenvalue weighted by Crippen LogP contribution is -2.42. The first-order valence-corrected chi connectivity index (χ1v) is 10.9. The van der Waals surface area contributed by atoms with E-state index < -0.39 is 0 Å². The molecule has 1 aromatic heterocycles. The number of benzene rings is 1. The minimum atomic E-state index is 0. The van der Waals surface area contributed by atoms with Crippen LogP contribution >= 0.6 is 35.3 Å². The van der Waals surface area contributed by atoms with E-state index in [0.29, 0.717) is 11.8 Å². The van der Waals surface area contributed by atoms with E-state index in [1.807, 2.05) is 0 Å². The molecule has 2 heterocycles. The van der Waals surface area contributed by atoms with Crippen LogP contribution in [-0.4, -0.2) is 32.2 Å². The van der Waals surface area contributed by atoms with Crippen molar-refractivity contribution in [1.82, 2.24) is 10.6 Å². The van der Waals surface area contributed by atoms with E-state index >= 15 is 0 Å². The molecular formula is C22H32IN3OS. The molecule has 2 aromatic rings. The van der Waals surface area contributed by atoms with Crippen molar-refractivity contribution in [3.8, 4) is 0 Å². The molecule has 0 saturated carbocycles. The zero-order valence-corrected chi connectivity index (χ0v) is 19.9. The van der Waals surface area contributed by atoms with E-state index in [4.69, 9.17) is 9.73 Å². The van der Waals surface area contributed by atoms with Gasteiger partial charge in [0.2, 0.25) is 0 Å². The van der Waals surface area contributed by atoms with Gasteiger partial charge in [0.1, 0.15) is 0 Å². The lowest BCUT2D eigenvalue weighted by Gasteiger charge is -2.32. The van der Waals surface area contributed by atoms with Crippen LogP contribution in [-0.2, 0) is 4.74 Å². The number of ether oxygens (including phenoxy) is 1. The van der Waals surface area contributed by atoms with E-state index in [0.717, 1.165) is 38.6 Å². The van der Waals surface area contributed by atoms with Crippen LogP contribution in [0.25, 0.3) is 0 Å². The van der Waals surface area contributed by atoms with Gasteiger partial charge >= 0.3 is 0 Å².